The molecule has 0 unspecified atom stereocenters. The second-order valence-electron chi connectivity index (χ2n) is 6.23. The van der Waals surface area contributed by atoms with Crippen LogP contribution in [0.4, 0.5) is 0 Å². The van der Waals surface area contributed by atoms with E-state index in [0.29, 0.717) is 18.3 Å². The standard InChI is InChI=1S/C17H21N3O2S/c21-17(16-14-5-1-2-6-15(14)18-19-16)20(12-7-9-23-11-12)10-13-4-3-8-22-13/h1-2,5-6,12-13H,3-4,7-11H2,(H,18,19)/t12-,13-/m0/s1. The molecule has 122 valence electrons. The summed E-state index contributed by atoms with van der Waals surface area (Å²) in [5.41, 5.74) is 1.45. The highest BCUT2D eigenvalue weighted by atomic mass is 32.2. The van der Waals surface area contributed by atoms with Crippen LogP contribution in [0.3, 0.4) is 0 Å². The summed E-state index contributed by atoms with van der Waals surface area (Å²) in [6.07, 6.45) is 3.38. The van der Waals surface area contributed by atoms with Crippen LogP contribution in [0.25, 0.3) is 10.9 Å². The van der Waals surface area contributed by atoms with Gasteiger partial charge in [0.15, 0.2) is 5.69 Å². The molecule has 2 atom stereocenters. The molecule has 2 aromatic rings. The fourth-order valence-electron chi connectivity index (χ4n) is 3.44. The molecule has 1 aromatic heterocycles. The minimum absolute atomic E-state index is 0.0328. The molecule has 4 rings (SSSR count). The zero-order valence-corrected chi connectivity index (χ0v) is 13.8. The monoisotopic (exact) mass is 331 g/mol. The van der Waals surface area contributed by atoms with Crippen molar-refractivity contribution in [2.24, 2.45) is 0 Å². The van der Waals surface area contributed by atoms with Gasteiger partial charge in [0.05, 0.1) is 11.6 Å². The molecule has 0 saturated carbocycles. The number of nitrogens with zero attached hydrogens (tertiary/aromatic N) is 2. The van der Waals surface area contributed by atoms with Gasteiger partial charge in [0.25, 0.3) is 5.91 Å². The number of carbonyl (C=O) groups is 1. The van der Waals surface area contributed by atoms with Crippen LogP contribution in [-0.2, 0) is 4.74 Å². The molecule has 0 spiro atoms. The predicted molar refractivity (Wildman–Crippen MR) is 91.8 cm³/mol. The molecule has 1 aromatic carbocycles. The number of nitrogens with one attached hydrogen (secondary N) is 1. The Morgan fingerprint density at radius 1 is 1.39 bits per heavy atom. The predicted octanol–water partition coefficient (Wildman–Crippen LogP) is 2.69. The average Bonchev–Trinajstić information content (AvgIpc) is 3.32. The number of aromatic nitrogens is 2. The van der Waals surface area contributed by atoms with Gasteiger partial charge >= 0.3 is 0 Å². The van der Waals surface area contributed by atoms with Gasteiger partial charge < -0.3 is 9.64 Å². The number of fused-ring (bicyclic) bond motifs is 1. The summed E-state index contributed by atoms with van der Waals surface area (Å²) in [6, 6.07) is 8.11. The zero-order valence-electron chi connectivity index (χ0n) is 13.0. The van der Waals surface area contributed by atoms with Crippen LogP contribution in [0.5, 0.6) is 0 Å². The van der Waals surface area contributed by atoms with Crippen molar-refractivity contribution in [2.75, 3.05) is 24.7 Å². The average molecular weight is 331 g/mol. The van der Waals surface area contributed by atoms with E-state index in [9.17, 15) is 4.79 Å². The molecule has 5 nitrogen and oxygen atoms in total. The second-order valence-corrected chi connectivity index (χ2v) is 7.38. The van der Waals surface area contributed by atoms with Crippen LogP contribution in [0.15, 0.2) is 24.3 Å². The van der Waals surface area contributed by atoms with E-state index in [0.717, 1.165) is 48.3 Å². The Labute approximate surface area is 139 Å². The van der Waals surface area contributed by atoms with Crippen molar-refractivity contribution in [3.05, 3.63) is 30.0 Å². The summed E-state index contributed by atoms with van der Waals surface area (Å²) in [6.45, 7) is 1.50. The minimum Gasteiger partial charge on any atom is -0.376 e. The summed E-state index contributed by atoms with van der Waals surface area (Å²) in [4.78, 5) is 15.2. The SMILES string of the molecule is O=C(c1n[nH]c2ccccc12)N(C[C@@H]1CCCO1)[C@H]1CCSC1. The molecule has 2 saturated heterocycles. The largest absolute Gasteiger partial charge is 0.376 e. The van der Waals surface area contributed by atoms with Gasteiger partial charge in [0.1, 0.15) is 0 Å². The number of H-pyrrole nitrogens is 1. The van der Waals surface area contributed by atoms with Crippen molar-refractivity contribution in [3.63, 3.8) is 0 Å². The van der Waals surface area contributed by atoms with Gasteiger partial charge in [0.2, 0.25) is 0 Å². The van der Waals surface area contributed by atoms with E-state index >= 15 is 0 Å². The van der Waals surface area contributed by atoms with Crippen molar-refractivity contribution >= 4 is 28.6 Å². The van der Waals surface area contributed by atoms with Crippen molar-refractivity contribution < 1.29 is 9.53 Å². The number of aromatic amines is 1. The molecule has 0 radical (unpaired) electrons. The van der Waals surface area contributed by atoms with E-state index in [1.165, 1.54) is 0 Å². The fourth-order valence-corrected chi connectivity index (χ4v) is 4.66. The number of hydrogen-bond acceptors (Lipinski definition) is 4. The van der Waals surface area contributed by atoms with Crippen molar-refractivity contribution in [2.45, 2.75) is 31.4 Å². The molecule has 2 fully saturated rings. The molecule has 2 aliphatic rings. The van der Waals surface area contributed by atoms with Crippen LogP contribution in [-0.4, -0.2) is 57.8 Å². The maximum atomic E-state index is 13.2. The van der Waals surface area contributed by atoms with E-state index in [-0.39, 0.29) is 12.0 Å². The number of rotatable bonds is 4. The lowest BCUT2D eigenvalue weighted by Crippen LogP contribution is -2.45. The second kappa shape index (κ2) is 6.53. The van der Waals surface area contributed by atoms with Crippen LogP contribution in [0.1, 0.15) is 29.8 Å². The van der Waals surface area contributed by atoms with Crippen LogP contribution in [0, 0.1) is 0 Å². The lowest BCUT2D eigenvalue weighted by molar-refractivity contribution is 0.0439. The number of thioether (sulfide) groups is 1. The Balaban J connectivity index is 1.62. The molecule has 0 aliphatic carbocycles. The maximum Gasteiger partial charge on any atom is 0.275 e. The highest BCUT2D eigenvalue weighted by Gasteiger charge is 2.32. The first kappa shape index (κ1) is 15.0. The number of hydrogen-bond donors (Lipinski definition) is 1. The zero-order chi connectivity index (χ0) is 15.6. The van der Waals surface area contributed by atoms with Gasteiger partial charge in [-0.05, 0) is 31.1 Å². The van der Waals surface area contributed by atoms with Gasteiger partial charge in [-0.1, -0.05) is 18.2 Å². The van der Waals surface area contributed by atoms with Gasteiger partial charge in [-0.15, -0.1) is 0 Å². The third-order valence-electron chi connectivity index (χ3n) is 4.70. The number of ether oxygens (including phenoxy) is 1. The first-order chi connectivity index (χ1) is 11.3. The summed E-state index contributed by atoms with van der Waals surface area (Å²) < 4.78 is 5.77. The van der Waals surface area contributed by atoms with Crippen LogP contribution in [0.2, 0.25) is 0 Å². The lowest BCUT2D eigenvalue weighted by Gasteiger charge is -2.30. The van der Waals surface area contributed by atoms with Crippen molar-refractivity contribution in [1.82, 2.24) is 15.1 Å². The van der Waals surface area contributed by atoms with Crippen molar-refractivity contribution in [1.29, 1.82) is 0 Å². The van der Waals surface area contributed by atoms with Crippen LogP contribution >= 0.6 is 11.8 Å². The smallest absolute Gasteiger partial charge is 0.275 e. The Bertz CT molecular complexity index is 690. The minimum atomic E-state index is 0.0328. The summed E-state index contributed by atoms with van der Waals surface area (Å²) in [7, 11) is 0. The first-order valence-corrected chi connectivity index (χ1v) is 9.42. The third kappa shape index (κ3) is 2.97. The molecule has 1 amide bonds. The summed E-state index contributed by atoms with van der Waals surface area (Å²) in [5, 5.41) is 8.18. The molecule has 0 bridgehead atoms. The number of amides is 1. The Kier molecular flexibility index (Phi) is 4.27. The molecule has 2 aliphatic heterocycles. The number of para-hydroxylation sites is 1. The fraction of sp³-hybridized carbons (Fsp3) is 0.529. The summed E-state index contributed by atoms with van der Waals surface area (Å²) in [5.74, 6) is 2.17. The number of carbonyl (C=O) groups excluding carboxylic acids is 1. The highest BCUT2D eigenvalue weighted by molar-refractivity contribution is 7.99. The Hall–Kier alpha value is -1.53. The normalized spacial score (nSPS) is 24.3. The molecule has 6 heteroatoms. The number of benzene rings is 1. The molecule has 1 N–H and O–H groups in total. The van der Waals surface area contributed by atoms with Gasteiger partial charge in [-0.25, -0.2) is 0 Å². The van der Waals surface area contributed by atoms with Gasteiger partial charge in [-0.3, -0.25) is 9.89 Å². The van der Waals surface area contributed by atoms with Gasteiger partial charge in [-0.2, -0.15) is 16.9 Å². The lowest BCUT2D eigenvalue weighted by atomic mass is 10.1. The van der Waals surface area contributed by atoms with E-state index in [4.69, 9.17) is 4.74 Å². The maximum absolute atomic E-state index is 13.2. The van der Waals surface area contributed by atoms with E-state index < -0.39 is 0 Å². The Morgan fingerprint density at radius 2 is 2.30 bits per heavy atom. The molecule has 3 heterocycles. The van der Waals surface area contributed by atoms with E-state index in [1.54, 1.807) is 0 Å². The highest BCUT2D eigenvalue weighted by Crippen LogP contribution is 2.27. The van der Waals surface area contributed by atoms with Gasteiger partial charge in [0, 0.05) is 30.3 Å². The summed E-state index contributed by atoms with van der Waals surface area (Å²) >= 11 is 1.92. The van der Waals surface area contributed by atoms with E-state index in [1.807, 2.05) is 40.9 Å². The quantitative estimate of drug-likeness (QED) is 0.936. The molecular formula is C17H21N3O2S. The molecule has 23 heavy (non-hydrogen) atoms. The topological polar surface area (TPSA) is 58.2 Å². The van der Waals surface area contributed by atoms with Crippen LogP contribution < -0.4 is 0 Å². The first-order valence-electron chi connectivity index (χ1n) is 8.26. The molecular weight excluding hydrogens is 310 g/mol. The van der Waals surface area contributed by atoms with Crippen molar-refractivity contribution in [3.8, 4) is 0 Å². The Morgan fingerprint density at radius 3 is 3.09 bits per heavy atom. The third-order valence-corrected chi connectivity index (χ3v) is 5.85. The van der Waals surface area contributed by atoms with E-state index in [2.05, 4.69) is 10.2 Å².